The van der Waals surface area contributed by atoms with Crippen LogP contribution in [0.1, 0.15) is 10.4 Å². The number of benzene rings is 2. The van der Waals surface area contributed by atoms with Gasteiger partial charge in [0.15, 0.2) is 17.6 Å². The molecule has 1 atom stereocenters. The standard InChI is InChI=1S/C18H20N2O6S/c1-20(10-12-11-25-16-5-3-4-6-17(16)26-12)18(21)14-9-13(27(19,22)23)7-8-15(14)24-2/h3-9,12H,10-11H2,1-2H3,(H2,19,22,23). The first-order valence-electron chi connectivity index (χ1n) is 8.14. The second kappa shape index (κ2) is 7.45. The van der Waals surface area contributed by atoms with Gasteiger partial charge >= 0.3 is 0 Å². The predicted molar refractivity (Wildman–Crippen MR) is 97.7 cm³/mol. The highest BCUT2D eigenvalue weighted by Gasteiger charge is 2.26. The van der Waals surface area contributed by atoms with Gasteiger partial charge in [-0.2, -0.15) is 0 Å². The van der Waals surface area contributed by atoms with E-state index in [1.54, 1.807) is 13.1 Å². The fourth-order valence-electron chi connectivity index (χ4n) is 2.78. The van der Waals surface area contributed by atoms with Crippen LogP contribution in [0.4, 0.5) is 0 Å². The molecule has 0 aromatic heterocycles. The average molecular weight is 392 g/mol. The number of carbonyl (C=O) groups is 1. The second-order valence-electron chi connectivity index (χ2n) is 6.09. The Bertz CT molecular complexity index is 960. The third-order valence-electron chi connectivity index (χ3n) is 4.12. The first kappa shape index (κ1) is 19.0. The highest BCUT2D eigenvalue weighted by molar-refractivity contribution is 7.89. The van der Waals surface area contributed by atoms with Gasteiger partial charge in [-0.1, -0.05) is 12.1 Å². The molecule has 8 nitrogen and oxygen atoms in total. The summed E-state index contributed by atoms with van der Waals surface area (Å²) in [5, 5.41) is 5.16. The molecule has 0 fully saturated rings. The van der Waals surface area contributed by atoms with Crippen LogP contribution >= 0.6 is 0 Å². The van der Waals surface area contributed by atoms with Gasteiger partial charge in [0.2, 0.25) is 10.0 Å². The van der Waals surface area contributed by atoms with E-state index >= 15 is 0 Å². The Morgan fingerprint density at radius 2 is 1.96 bits per heavy atom. The van der Waals surface area contributed by atoms with Crippen LogP contribution in [0.5, 0.6) is 17.2 Å². The minimum absolute atomic E-state index is 0.101. The smallest absolute Gasteiger partial charge is 0.257 e. The minimum atomic E-state index is -3.94. The number of rotatable bonds is 5. The first-order chi connectivity index (χ1) is 12.8. The molecule has 0 aliphatic carbocycles. The molecular formula is C18H20N2O6S. The van der Waals surface area contributed by atoms with Gasteiger partial charge in [-0.05, 0) is 30.3 Å². The summed E-state index contributed by atoms with van der Waals surface area (Å²) in [6.07, 6.45) is -0.360. The maximum Gasteiger partial charge on any atom is 0.257 e. The number of nitrogens with zero attached hydrogens (tertiary/aromatic N) is 1. The normalized spacial score (nSPS) is 15.9. The molecule has 0 spiro atoms. The van der Waals surface area contributed by atoms with Crippen molar-refractivity contribution in [1.29, 1.82) is 0 Å². The molecule has 2 aromatic carbocycles. The predicted octanol–water partition coefficient (Wildman–Crippen LogP) is 1.25. The molecule has 9 heteroatoms. The lowest BCUT2D eigenvalue weighted by Gasteiger charge is -2.29. The molecule has 1 unspecified atom stereocenters. The topological polar surface area (TPSA) is 108 Å². The van der Waals surface area contributed by atoms with Crippen molar-refractivity contribution < 1.29 is 27.4 Å². The molecule has 1 amide bonds. The Morgan fingerprint density at radius 3 is 2.63 bits per heavy atom. The van der Waals surface area contributed by atoms with E-state index in [9.17, 15) is 13.2 Å². The molecule has 1 aliphatic rings. The molecule has 27 heavy (non-hydrogen) atoms. The number of hydrogen-bond acceptors (Lipinski definition) is 6. The van der Waals surface area contributed by atoms with Crippen LogP contribution in [0.2, 0.25) is 0 Å². The van der Waals surface area contributed by atoms with Gasteiger partial charge in [-0.3, -0.25) is 4.79 Å². The number of para-hydroxylation sites is 2. The average Bonchev–Trinajstić information content (AvgIpc) is 2.66. The van der Waals surface area contributed by atoms with Gasteiger partial charge in [-0.25, -0.2) is 13.6 Å². The van der Waals surface area contributed by atoms with Gasteiger partial charge in [-0.15, -0.1) is 0 Å². The summed E-state index contributed by atoms with van der Waals surface area (Å²) in [4.78, 5) is 14.1. The van der Waals surface area contributed by atoms with Gasteiger partial charge in [0.1, 0.15) is 12.4 Å². The number of fused-ring (bicyclic) bond motifs is 1. The second-order valence-corrected chi connectivity index (χ2v) is 7.65. The Labute approximate surface area is 157 Å². The molecule has 0 bridgehead atoms. The lowest BCUT2D eigenvalue weighted by Crippen LogP contribution is -2.41. The van der Waals surface area contributed by atoms with E-state index in [0.717, 1.165) is 0 Å². The maximum atomic E-state index is 12.8. The zero-order valence-corrected chi connectivity index (χ0v) is 15.7. The fraction of sp³-hybridized carbons (Fsp3) is 0.278. The molecule has 3 rings (SSSR count). The molecule has 2 aromatic rings. The molecule has 2 N–H and O–H groups in total. The van der Waals surface area contributed by atoms with Crippen molar-refractivity contribution >= 4 is 15.9 Å². The molecule has 0 radical (unpaired) electrons. The zero-order valence-electron chi connectivity index (χ0n) is 14.9. The van der Waals surface area contributed by atoms with Crippen LogP contribution in [0.15, 0.2) is 47.4 Å². The molecule has 0 saturated heterocycles. The van der Waals surface area contributed by atoms with Crippen molar-refractivity contribution in [2.24, 2.45) is 5.14 Å². The minimum Gasteiger partial charge on any atom is -0.496 e. The van der Waals surface area contributed by atoms with Crippen LogP contribution in [-0.2, 0) is 10.0 Å². The van der Waals surface area contributed by atoms with E-state index in [0.29, 0.717) is 18.1 Å². The highest BCUT2D eigenvalue weighted by atomic mass is 32.2. The van der Waals surface area contributed by atoms with E-state index in [1.165, 1.54) is 30.2 Å². The molecule has 144 valence electrons. The van der Waals surface area contributed by atoms with Crippen LogP contribution in [0.25, 0.3) is 0 Å². The van der Waals surface area contributed by atoms with Gasteiger partial charge < -0.3 is 19.1 Å². The van der Waals surface area contributed by atoms with Crippen molar-refractivity contribution in [3.63, 3.8) is 0 Å². The molecule has 1 aliphatic heterocycles. The van der Waals surface area contributed by atoms with E-state index in [2.05, 4.69) is 0 Å². The third-order valence-corrected chi connectivity index (χ3v) is 5.03. The first-order valence-corrected chi connectivity index (χ1v) is 9.69. The van der Waals surface area contributed by atoms with Crippen molar-refractivity contribution in [3.8, 4) is 17.2 Å². The monoisotopic (exact) mass is 392 g/mol. The van der Waals surface area contributed by atoms with Crippen LogP contribution in [0.3, 0.4) is 0 Å². The summed E-state index contributed by atoms with van der Waals surface area (Å²) in [7, 11) is -0.948. The summed E-state index contributed by atoms with van der Waals surface area (Å²) >= 11 is 0. The van der Waals surface area contributed by atoms with Gasteiger partial charge in [0, 0.05) is 7.05 Å². The number of nitrogens with two attached hydrogens (primary N) is 1. The Morgan fingerprint density at radius 1 is 1.26 bits per heavy atom. The third kappa shape index (κ3) is 4.15. The number of likely N-dealkylation sites (N-methyl/N-ethyl adjacent to an activating group) is 1. The summed E-state index contributed by atoms with van der Waals surface area (Å²) in [5.74, 6) is 1.11. The number of amides is 1. The summed E-state index contributed by atoms with van der Waals surface area (Å²) in [6, 6.07) is 11.2. The highest BCUT2D eigenvalue weighted by Crippen LogP contribution is 2.31. The van der Waals surface area contributed by atoms with E-state index < -0.39 is 15.9 Å². The SMILES string of the molecule is COc1ccc(S(N)(=O)=O)cc1C(=O)N(C)CC1COc2ccccc2O1. The van der Waals surface area contributed by atoms with E-state index in [-0.39, 0.29) is 28.9 Å². The fourth-order valence-corrected chi connectivity index (χ4v) is 3.32. The largest absolute Gasteiger partial charge is 0.496 e. The summed E-state index contributed by atoms with van der Waals surface area (Å²) < 4.78 is 39.9. The molecule has 0 saturated carbocycles. The summed E-state index contributed by atoms with van der Waals surface area (Å²) in [6.45, 7) is 0.541. The maximum absolute atomic E-state index is 12.8. The number of primary sulfonamides is 1. The van der Waals surface area contributed by atoms with Crippen LogP contribution in [0, 0.1) is 0 Å². The van der Waals surface area contributed by atoms with E-state index in [1.807, 2.05) is 18.2 Å². The number of carbonyl (C=O) groups excluding carboxylic acids is 1. The number of sulfonamides is 1. The van der Waals surface area contributed by atoms with Gasteiger partial charge in [0.25, 0.3) is 5.91 Å². The Kier molecular flexibility index (Phi) is 5.24. The number of methoxy groups -OCH3 is 1. The van der Waals surface area contributed by atoms with Crippen LogP contribution < -0.4 is 19.3 Å². The van der Waals surface area contributed by atoms with Crippen molar-refractivity contribution in [2.45, 2.75) is 11.0 Å². The lowest BCUT2D eigenvalue weighted by molar-refractivity contribution is 0.0519. The van der Waals surface area contributed by atoms with Crippen LogP contribution in [-0.4, -0.2) is 52.6 Å². The van der Waals surface area contributed by atoms with Crippen molar-refractivity contribution in [1.82, 2.24) is 4.90 Å². The van der Waals surface area contributed by atoms with E-state index in [4.69, 9.17) is 19.3 Å². The number of ether oxygens (including phenoxy) is 3. The van der Waals surface area contributed by atoms with Crippen molar-refractivity contribution in [3.05, 3.63) is 48.0 Å². The van der Waals surface area contributed by atoms with Crippen molar-refractivity contribution in [2.75, 3.05) is 27.3 Å². The zero-order chi connectivity index (χ0) is 19.6. The van der Waals surface area contributed by atoms with Gasteiger partial charge in [0.05, 0.1) is 24.1 Å². The lowest BCUT2D eigenvalue weighted by atomic mass is 10.1. The number of hydrogen-bond donors (Lipinski definition) is 1. The Balaban J connectivity index is 1.78. The molecule has 1 heterocycles. The quantitative estimate of drug-likeness (QED) is 0.821. The summed E-state index contributed by atoms with van der Waals surface area (Å²) in [5.41, 5.74) is 0.101. The molecular weight excluding hydrogens is 372 g/mol. The Hall–Kier alpha value is -2.78.